The second-order valence-electron chi connectivity index (χ2n) is 4.99. The number of hydrogen-bond acceptors (Lipinski definition) is 4. The van der Waals surface area contributed by atoms with Gasteiger partial charge in [-0.3, -0.25) is 0 Å². The van der Waals surface area contributed by atoms with Crippen molar-refractivity contribution in [2.75, 3.05) is 26.8 Å². The van der Waals surface area contributed by atoms with E-state index in [2.05, 4.69) is 46.9 Å². The third-order valence-electron chi connectivity index (χ3n) is 3.36. The first kappa shape index (κ1) is 15.2. The molecule has 0 amide bonds. The highest BCUT2D eigenvalue weighted by molar-refractivity contribution is 7.07. The van der Waals surface area contributed by atoms with Crippen LogP contribution in [0.3, 0.4) is 0 Å². The highest BCUT2D eigenvalue weighted by atomic mass is 32.1. The van der Waals surface area contributed by atoms with Crippen LogP contribution in [-0.4, -0.2) is 31.8 Å². The lowest BCUT2D eigenvalue weighted by molar-refractivity contribution is 0.199. The van der Waals surface area contributed by atoms with Crippen LogP contribution in [0.25, 0.3) is 0 Å². The Kier molecular flexibility index (Phi) is 6.18. The van der Waals surface area contributed by atoms with Gasteiger partial charge in [0.2, 0.25) is 0 Å². The molecule has 0 spiro atoms. The molecule has 0 aliphatic carbocycles. The summed E-state index contributed by atoms with van der Waals surface area (Å²) >= 11 is 1.66. The standard InChI is InChI=1S/C16H22N2OS/c1-13-3-5-14(6-4-13)15(10-17-7-8-19-2)9-16-11-20-12-18-16/h3-6,11-12,15,17H,7-10H2,1-2H3. The molecular formula is C16H22N2OS. The molecule has 1 N–H and O–H groups in total. The summed E-state index contributed by atoms with van der Waals surface area (Å²) in [4.78, 5) is 4.41. The lowest BCUT2D eigenvalue weighted by Gasteiger charge is -2.17. The van der Waals surface area contributed by atoms with E-state index < -0.39 is 0 Å². The fourth-order valence-corrected chi connectivity index (χ4v) is 2.76. The van der Waals surface area contributed by atoms with Crippen molar-refractivity contribution in [2.45, 2.75) is 19.3 Å². The predicted molar refractivity (Wildman–Crippen MR) is 84.5 cm³/mol. The zero-order valence-electron chi connectivity index (χ0n) is 12.1. The number of thiazole rings is 1. The number of rotatable bonds is 8. The van der Waals surface area contributed by atoms with Crippen molar-refractivity contribution in [1.29, 1.82) is 0 Å². The molecule has 4 heteroatoms. The predicted octanol–water partition coefficient (Wildman–Crippen LogP) is 3.01. The van der Waals surface area contributed by atoms with Crippen LogP contribution in [0.4, 0.5) is 0 Å². The maximum Gasteiger partial charge on any atom is 0.0794 e. The van der Waals surface area contributed by atoms with Crippen LogP contribution in [0.1, 0.15) is 22.7 Å². The molecule has 0 fully saturated rings. The van der Waals surface area contributed by atoms with Crippen molar-refractivity contribution < 1.29 is 4.74 Å². The average Bonchev–Trinajstić information content (AvgIpc) is 2.96. The van der Waals surface area contributed by atoms with Crippen LogP contribution in [0.2, 0.25) is 0 Å². The second kappa shape index (κ2) is 8.15. The Hall–Kier alpha value is -1.23. The Labute approximate surface area is 125 Å². The number of ether oxygens (including phenoxy) is 1. The fourth-order valence-electron chi connectivity index (χ4n) is 2.19. The molecule has 1 unspecified atom stereocenters. The van der Waals surface area contributed by atoms with Crippen LogP contribution in [0.15, 0.2) is 35.2 Å². The van der Waals surface area contributed by atoms with E-state index in [1.165, 1.54) is 16.8 Å². The van der Waals surface area contributed by atoms with E-state index in [0.717, 1.165) is 26.1 Å². The quantitative estimate of drug-likeness (QED) is 0.759. The molecule has 1 aromatic carbocycles. The van der Waals surface area contributed by atoms with Crippen molar-refractivity contribution in [2.24, 2.45) is 0 Å². The van der Waals surface area contributed by atoms with Gasteiger partial charge in [0, 0.05) is 31.5 Å². The molecule has 1 atom stereocenters. The van der Waals surface area contributed by atoms with E-state index >= 15 is 0 Å². The number of aromatic nitrogens is 1. The number of benzene rings is 1. The summed E-state index contributed by atoms with van der Waals surface area (Å²) in [6, 6.07) is 8.81. The molecule has 108 valence electrons. The molecule has 0 bridgehead atoms. The third kappa shape index (κ3) is 4.71. The zero-order valence-corrected chi connectivity index (χ0v) is 13.0. The lowest BCUT2D eigenvalue weighted by atomic mass is 9.93. The number of nitrogens with one attached hydrogen (secondary N) is 1. The molecule has 1 heterocycles. The van der Waals surface area contributed by atoms with Gasteiger partial charge >= 0.3 is 0 Å². The van der Waals surface area contributed by atoms with Gasteiger partial charge in [-0.25, -0.2) is 4.98 Å². The number of hydrogen-bond donors (Lipinski definition) is 1. The summed E-state index contributed by atoms with van der Waals surface area (Å²) < 4.78 is 5.08. The molecule has 0 radical (unpaired) electrons. The highest BCUT2D eigenvalue weighted by Gasteiger charge is 2.13. The van der Waals surface area contributed by atoms with Gasteiger partial charge in [-0.15, -0.1) is 11.3 Å². The monoisotopic (exact) mass is 290 g/mol. The minimum Gasteiger partial charge on any atom is -0.383 e. The Morgan fingerprint density at radius 2 is 2.10 bits per heavy atom. The van der Waals surface area contributed by atoms with Crippen LogP contribution in [-0.2, 0) is 11.2 Å². The Morgan fingerprint density at radius 1 is 1.30 bits per heavy atom. The molecule has 0 saturated carbocycles. The topological polar surface area (TPSA) is 34.1 Å². The largest absolute Gasteiger partial charge is 0.383 e. The van der Waals surface area contributed by atoms with Gasteiger partial charge in [0.05, 0.1) is 17.8 Å². The highest BCUT2D eigenvalue weighted by Crippen LogP contribution is 2.21. The maximum atomic E-state index is 5.08. The molecule has 1 aromatic heterocycles. The summed E-state index contributed by atoms with van der Waals surface area (Å²) in [6.45, 7) is 4.70. The van der Waals surface area contributed by atoms with Gasteiger partial charge in [-0.05, 0) is 18.9 Å². The summed E-state index contributed by atoms with van der Waals surface area (Å²) in [5, 5.41) is 5.60. The SMILES string of the molecule is COCCNCC(Cc1cscn1)c1ccc(C)cc1. The molecule has 20 heavy (non-hydrogen) atoms. The number of methoxy groups -OCH3 is 1. The average molecular weight is 290 g/mol. The van der Waals surface area contributed by atoms with Gasteiger partial charge in [0.25, 0.3) is 0 Å². The van der Waals surface area contributed by atoms with E-state index in [4.69, 9.17) is 4.74 Å². The van der Waals surface area contributed by atoms with Gasteiger partial charge in [-0.1, -0.05) is 29.8 Å². The molecule has 0 saturated heterocycles. The Morgan fingerprint density at radius 3 is 2.75 bits per heavy atom. The molecule has 0 aliphatic heterocycles. The number of nitrogens with zero attached hydrogens (tertiary/aromatic N) is 1. The van der Waals surface area contributed by atoms with E-state index in [-0.39, 0.29) is 0 Å². The summed E-state index contributed by atoms with van der Waals surface area (Å²) in [5.74, 6) is 0.453. The first-order valence-electron chi connectivity index (χ1n) is 6.93. The van der Waals surface area contributed by atoms with Gasteiger partial charge in [0.1, 0.15) is 0 Å². The van der Waals surface area contributed by atoms with Gasteiger partial charge in [0.15, 0.2) is 0 Å². The van der Waals surface area contributed by atoms with Crippen molar-refractivity contribution in [3.05, 3.63) is 52.0 Å². The van der Waals surface area contributed by atoms with E-state index in [1.54, 1.807) is 18.4 Å². The minimum atomic E-state index is 0.453. The van der Waals surface area contributed by atoms with E-state index in [0.29, 0.717) is 5.92 Å². The van der Waals surface area contributed by atoms with Crippen LogP contribution >= 0.6 is 11.3 Å². The third-order valence-corrected chi connectivity index (χ3v) is 4.00. The van der Waals surface area contributed by atoms with E-state index in [9.17, 15) is 0 Å². The lowest BCUT2D eigenvalue weighted by Crippen LogP contribution is -2.26. The molecular weight excluding hydrogens is 268 g/mol. The first-order valence-corrected chi connectivity index (χ1v) is 7.87. The second-order valence-corrected chi connectivity index (χ2v) is 5.71. The van der Waals surface area contributed by atoms with Gasteiger partial charge < -0.3 is 10.1 Å². The van der Waals surface area contributed by atoms with Crippen molar-refractivity contribution in [3.8, 4) is 0 Å². The maximum absolute atomic E-state index is 5.08. The van der Waals surface area contributed by atoms with Crippen LogP contribution in [0, 0.1) is 6.92 Å². The zero-order chi connectivity index (χ0) is 14.2. The minimum absolute atomic E-state index is 0.453. The normalized spacial score (nSPS) is 12.5. The van der Waals surface area contributed by atoms with Crippen molar-refractivity contribution in [1.82, 2.24) is 10.3 Å². The fraction of sp³-hybridized carbons (Fsp3) is 0.438. The van der Waals surface area contributed by atoms with Crippen LogP contribution in [0.5, 0.6) is 0 Å². The van der Waals surface area contributed by atoms with Gasteiger partial charge in [-0.2, -0.15) is 0 Å². The first-order chi connectivity index (χ1) is 9.79. The summed E-state index contributed by atoms with van der Waals surface area (Å²) in [7, 11) is 1.73. The Bertz CT molecular complexity index is 482. The van der Waals surface area contributed by atoms with Crippen LogP contribution < -0.4 is 5.32 Å². The molecule has 3 nitrogen and oxygen atoms in total. The smallest absolute Gasteiger partial charge is 0.0794 e. The van der Waals surface area contributed by atoms with E-state index in [1.807, 2.05) is 5.51 Å². The molecule has 2 aromatic rings. The summed E-state index contributed by atoms with van der Waals surface area (Å²) in [5.41, 5.74) is 5.75. The molecule has 0 aliphatic rings. The summed E-state index contributed by atoms with van der Waals surface area (Å²) in [6.07, 6.45) is 0.979. The molecule has 2 rings (SSSR count). The van der Waals surface area contributed by atoms with Crippen molar-refractivity contribution >= 4 is 11.3 Å². The Balaban J connectivity index is 2.00. The van der Waals surface area contributed by atoms with Crippen molar-refractivity contribution in [3.63, 3.8) is 0 Å². The number of aryl methyl sites for hydroxylation is 1.